The average molecular weight is 342 g/mol. The van der Waals surface area contributed by atoms with Gasteiger partial charge in [0.25, 0.3) is 0 Å². The van der Waals surface area contributed by atoms with E-state index in [0.29, 0.717) is 24.8 Å². The molecular formula is C15H26N4O3S. The van der Waals surface area contributed by atoms with Gasteiger partial charge in [-0.15, -0.1) is 0 Å². The molecule has 1 aromatic carbocycles. The maximum Gasteiger partial charge on any atom is 0.229 e. The molecular weight excluding hydrogens is 316 g/mol. The summed E-state index contributed by atoms with van der Waals surface area (Å²) >= 11 is 0. The molecule has 0 radical (unpaired) electrons. The summed E-state index contributed by atoms with van der Waals surface area (Å²) in [6.45, 7) is 5.63. The number of ether oxygens (including phenoxy) is 1. The van der Waals surface area contributed by atoms with Gasteiger partial charge in [-0.1, -0.05) is 18.2 Å². The fourth-order valence-corrected chi connectivity index (χ4v) is 2.57. The van der Waals surface area contributed by atoms with E-state index in [1.54, 1.807) is 19.2 Å². The first kappa shape index (κ1) is 19.2. The highest BCUT2D eigenvalue weighted by Crippen LogP contribution is 2.17. The zero-order valence-corrected chi connectivity index (χ0v) is 14.9. The molecule has 1 rings (SSSR count). The van der Waals surface area contributed by atoms with Crippen LogP contribution in [0.15, 0.2) is 29.3 Å². The second-order valence-corrected chi connectivity index (χ2v) is 6.98. The zero-order valence-electron chi connectivity index (χ0n) is 14.1. The van der Waals surface area contributed by atoms with Crippen LogP contribution in [-0.4, -0.2) is 46.9 Å². The van der Waals surface area contributed by atoms with Crippen molar-refractivity contribution in [1.82, 2.24) is 10.6 Å². The number of anilines is 1. The minimum absolute atomic E-state index is 0.113. The Kier molecular flexibility index (Phi) is 7.84. The number of nitrogens with one attached hydrogen (secondary N) is 3. The molecule has 0 aliphatic carbocycles. The minimum Gasteiger partial charge on any atom is -0.383 e. The lowest BCUT2D eigenvalue weighted by molar-refractivity contribution is 0.179. The van der Waals surface area contributed by atoms with Gasteiger partial charge in [-0.3, -0.25) is 4.72 Å². The van der Waals surface area contributed by atoms with Crippen molar-refractivity contribution < 1.29 is 13.2 Å². The Hall–Kier alpha value is -1.80. The molecule has 0 spiro atoms. The third-order valence-corrected chi connectivity index (χ3v) is 3.45. The van der Waals surface area contributed by atoms with Crippen LogP contribution in [0.3, 0.4) is 0 Å². The summed E-state index contributed by atoms with van der Waals surface area (Å²) in [7, 11) is -1.67. The molecule has 7 nitrogen and oxygen atoms in total. The van der Waals surface area contributed by atoms with Gasteiger partial charge in [0, 0.05) is 19.7 Å². The molecule has 8 heteroatoms. The van der Waals surface area contributed by atoms with Crippen LogP contribution in [0.2, 0.25) is 0 Å². The van der Waals surface area contributed by atoms with Crippen LogP contribution >= 0.6 is 0 Å². The largest absolute Gasteiger partial charge is 0.383 e. The zero-order chi connectivity index (χ0) is 17.3. The molecule has 0 fully saturated rings. The number of para-hydroxylation sites is 1. The van der Waals surface area contributed by atoms with Crippen molar-refractivity contribution in [3.05, 3.63) is 29.8 Å². The summed E-state index contributed by atoms with van der Waals surface area (Å²) in [6, 6.07) is 7.32. The highest BCUT2D eigenvalue weighted by atomic mass is 32.2. The molecule has 1 atom stereocenters. The van der Waals surface area contributed by atoms with Crippen molar-refractivity contribution in [1.29, 1.82) is 0 Å². The van der Waals surface area contributed by atoms with E-state index in [0.717, 1.165) is 18.4 Å². The lowest BCUT2D eigenvalue weighted by Crippen LogP contribution is -2.43. The van der Waals surface area contributed by atoms with Crippen LogP contribution < -0.4 is 15.4 Å². The summed E-state index contributed by atoms with van der Waals surface area (Å²) in [5.41, 5.74) is 1.34. The van der Waals surface area contributed by atoms with Crippen molar-refractivity contribution in [2.75, 3.05) is 31.2 Å². The number of nitrogens with zero attached hydrogens (tertiary/aromatic N) is 1. The number of guanidine groups is 1. The molecule has 23 heavy (non-hydrogen) atoms. The second kappa shape index (κ2) is 9.36. The number of aliphatic imine (C=N–C) groups is 1. The summed E-state index contributed by atoms with van der Waals surface area (Å²) in [4.78, 5) is 4.50. The fourth-order valence-electron chi connectivity index (χ4n) is 1.97. The molecule has 0 heterocycles. The van der Waals surface area contributed by atoms with E-state index in [2.05, 4.69) is 20.3 Å². The molecule has 0 aliphatic heterocycles. The molecule has 0 aromatic heterocycles. The summed E-state index contributed by atoms with van der Waals surface area (Å²) in [6.07, 6.45) is 1.13. The van der Waals surface area contributed by atoms with E-state index in [-0.39, 0.29) is 6.04 Å². The third-order valence-electron chi connectivity index (χ3n) is 2.86. The number of sulfonamides is 1. The van der Waals surface area contributed by atoms with E-state index in [4.69, 9.17) is 4.74 Å². The molecule has 3 N–H and O–H groups in total. The lowest BCUT2D eigenvalue weighted by Gasteiger charge is -2.17. The van der Waals surface area contributed by atoms with E-state index in [1.165, 1.54) is 0 Å². The highest BCUT2D eigenvalue weighted by molar-refractivity contribution is 7.92. The van der Waals surface area contributed by atoms with Crippen molar-refractivity contribution >= 4 is 21.7 Å². The van der Waals surface area contributed by atoms with Crippen molar-refractivity contribution in [2.24, 2.45) is 4.99 Å². The normalized spacial score (nSPS) is 13.5. The summed E-state index contributed by atoms with van der Waals surface area (Å²) < 4.78 is 30.5. The van der Waals surface area contributed by atoms with Gasteiger partial charge in [0.2, 0.25) is 10.0 Å². The molecule has 0 amide bonds. The maximum atomic E-state index is 11.4. The predicted octanol–water partition coefficient (Wildman–Crippen LogP) is 1.15. The van der Waals surface area contributed by atoms with E-state index in [1.807, 2.05) is 26.0 Å². The summed E-state index contributed by atoms with van der Waals surface area (Å²) in [5.74, 6) is 0.659. The predicted molar refractivity (Wildman–Crippen MR) is 94.2 cm³/mol. The average Bonchev–Trinajstić information content (AvgIpc) is 2.45. The Bertz CT molecular complexity index is 617. The van der Waals surface area contributed by atoms with Crippen molar-refractivity contribution in [3.63, 3.8) is 0 Å². The molecule has 1 unspecified atom stereocenters. The standard InChI is InChI=1S/C15H26N4O3S/c1-5-16-15(18-12(2)11-22-3)17-10-13-8-6-7-9-14(13)19-23(4,20)21/h6-9,12,19H,5,10-11H2,1-4H3,(H2,16,17,18). The Morgan fingerprint density at radius 1 is 1.35 bits per heavy atom. The van der Waals surface area contributed by atoms with Crippen LogP contribution in [0.4, 0.5) is 5.69 Å². The number of benzene rings is 1. The van der Waals surface area contributed by atoms with Gasteiger partial charge in [0.15, 0.2) is 5.96 Å². The van der Waals surface area contributed by atoms with E-state index >= 15 is 0 Å². The lowest BCUT2D eigenvalue weighted by atomic mass is 10.2. The van der Waals surface area contributed by atoms with Gasteiger partial charge >= 0.3 is 0 Å². The Morgan fingerprint density at radius 3 is 2.65 bits per heavy atom. The first-order valence-electron chi connectivity index (χ1n) is 7.45. The molecule has 0 saturated carbocycles. The third kappa shape index (κ3) is 7.85. The van der Waals surface area contributed by atoms with Crippen LogP contribution in [0.25, 0.3) is 0 Å². The number of hydrogen-bond donors (Lipinski definition) is 3. The van der Waals surface area contributed by atoms with Crippen LogP contribution in [-0.2, 0) is 21.3 Å². The van der Waals surface area contributed by atoms with Gasteiger partial charge < -0.3 is 15.4 Å². The maximum absolute atomic E-state index is 11.4. The van der Waals surface area contributed by atoms with Crippen molar-refractivity contribution in [3.8, 4) is 0 Å². The number of methoxy groups -OCH3 is 1. The van der Waals surface area contributed by atoms with Gasteiger partial charge in [-0.2, -0.15) is 0 Å². The monoisotopic (exact) mass is 342 g/mol. The van der Waals surface area contributed by atoms with Gasteiger partial charge in [-0.05, 0) is 25.5 Å². The molecule has 1 aromatic rings. The molecule has 0 aliphatic rings. The van der Waals surface area contributed by atoms with Crippen LogP contribution in [0.5, 0.6) is 0 Å². The molecule has 130 valence electrons. The van der Waals surface area contributed by atoms with E-state index in [9.17, 15) is 8.42 Å². The van der Waals surface area contributed by atoms with Crippen molar-refractivity contribution in [2.45, 2.75) is 26.4 Å². The number of hydrogen-bond acceptors (Lipinski definition) is 4. The SMILES string of the molecule is CCNC(=NCc1ccccc1NS(C)(=O)=O)NC(C)COC. The number of rotatable bonds is 8. The van der Waals surface area contributed by atoms with Gasteiger partial charge in [0.1, 0.15) is 0 Å². The van der Waals surface area contributed by atoms with Gasteiger partial charge in [0.05, 0.1) is 25.1 Å². The highest BCUT2D eigenvalue weighted by Gasteiger charge is 2.08. The minimum atomic E-state index is -3.32. The Labute approximate surface area is 138 Å². The molecule has 0 bridgehead atoms. The van der Waals surface area contributed by atoms with E-state index < -0.39 is 10.0 Å². The van der Waals surface area contributed by atoms with Crippen LogP contribution in [0, 0.1) is 0 Å². The quantitative estimate of drug-likeness (QED) is 0.487. The van der Waals surface area contributed by atoms with Gasteiger partial charge in [-0.25, -0.2) is 13.4 Å². The topological polar surface area (TPSA) is 91.8 Å². The summed E-state index contributed by atoms with van der Waals surface area (Å²) in [5, 5.41) is 6.39. The first-order chi connectivity index (χ1) is 10.9. The fraction of sp³-hybridized carbons (Fsp3) is 0.533. The smallest absolute Gasteiger partial charge is 0.229 e. The van der Waals surface area contributed by atoms with Crippen LogP contribution in [0.1, 0.15) is 19.4 Å². The molecule has 0 saturated heterocycles. The second-order valence-electron chi connectivity index (χ2n) is 5.23. The Balaban J connectivity index is 2.86. The first-order valence-corrected chi connectivity index (χ1v) is 9.34. The Morgan fingerprint density at radius 2 is 2.04 bits per heavy atom.